The van der Waals surface area contributed by atoms with Crippen LogP contribution in [-0.4, -0.2) is 4.57 Å². The molecule has 0 saturated heterocycles. The van der Waals surface area contributed by atoms with E-state index in [0.717, 1.165) is 17.2 Å². The summed E-state index contributed by atoms with van der Waals surface area (Å²) in [4.78, 5) is 2.42. The molecule has 0 amide bonds. The number of benzene rings is 5. The number of hydrogen-bond donors (Lipinski definition) is 0. The summed E-state index contributed by atoms with van der Waals surface area (Å²) < 4.78 is 9.65. The summed E-state index contributed by atoms with van der Waals surface area (Å²) in [6.45, 7) is 13.7. The molecule has 0 aliphatic heterocycles. The second-order valence-corrected chi connectivity index (χ2v) is 16.0. The fraction of sp³-hybridized carbons (Fsp3) is 0.208. The molecule has 264 valence electrons. The number of pyridine rings is 1. The molecule has 8 rings (SSSR count). The molecule has 0 aliphatic carbocycles. The first-order valence-corrected chi connectivity index (χ1v) is 19.5. The second kappa shape index (κ2) is 13.8. The molecule has 4 nitrogen and oxygen atoms in total. The summed E-state index contributed by atoms with van der Waals surface area (Å²) >= 11 is 1.89. The van der Waals surface area contributed by atoms with Crippen molar-refractivity contribution >= 4 is 48.7 Å². The number of nitrogens with zero attached hydrogens (tertiary/aromatic N) is 4. The molecular formula is C48H48N4S+2. The molecule has 3 heterocycles. The van der Waals surface area contributed by atoms with E-state index in [1.807, 2.05) is 11.3 Å². The van der Waals surface area contributed by atoms with E-state index in [1.165, 1.54) is 70.6 Å². The van der Waals surface area contributed by atoms with E-state index in [2.05, 4.69) is 208 Å². The molecule has 5 heteroatoms. The Morgan fingerprint density at radius 1 is 0.642 bits per heavy atom. The Bertz CT molecular complexity index is 2600. The van der Waals surface area contributed by atoms with E-state index in [0.29, 0.717) is 11.8 Å². The summed E-state index contributed by atoms with van der Waals surface area (Å²) in [5, 5.41) is 2.64. The van der Waals surface area contributed by atoms with Gasteiger partial charge in [0.15, 0.2) is 5.69 Å². The van der Waals surface area contributed by atoms with Crippen molar-refractivity contribution in [1.82, 2.24) is 4.57 Å². The van der Waals surface area contributed by atoms with Crippen LogP contribution in [0.2, 0.25) is 0 Å². The van der Waals surface area contributed by atoms with Crippen molar-refractivity contribution in [2.45, 2.75) is 53.4 Å². The van der Waals surface area contributed by atoms with E-state index in [1.54, 1.807) is 0 Å². The van der Waals surface area contributed by atoms with Crippen LogP contribution in [0, 0.1) is 13.8 Å². The molecule has 0 bridgehead atoms. The van der Waals surface area contributed by atoms with Gasteiger partial charge in [-0.3, -0.25) is 0 Å². The molecule has 3 aromatic heterocycles. The maximum absolute atomic E-state index is 2.42. The average Bonchev–Trinajstić information content (AvgIpc) is 3.73. The van der Waals surface area contributed by atoms with Crippen LogP contribution in [0.3, 0.4) is 0 Å². The average molecular weight is 713 g/mol. The lowest BCUT2D eigenvalue weighted by atomic mass is 9.92. The number of hydrogen-bond acceptors (Lipinski definition) is 2. The normalized spacial score (nSPS) is 11.7. The van der Waals surface area contributed by atoms with Gasteiger partial charge in [-0.25, -0.2) is 13.7 Å². The van der Waals surface area contributed by atoms with Gasteiger partial charge in [0, 0.05) is 54.1 Å². The van der Waals surface area contributed by atoms with Gasteiger partial charge in [0.1, 0.15) is 29.0 Å². The highest BCUT2D eigenvalue weighted by Crippen LogP contribution is 2.43. The highest BCUT2D eigenvalue weighted by molar-refractivity contribution is 7.26. The summed E-state index contributed by atoms with van der Waals surface area (Å²) in [5.41, 5.74) is 13.7. The van der Waals surface area contributed by atoms with Gasteiger partial charge < -0.3 is 0 Å². The summed E-state index contributed by atoms with van der Waals surface area (Å²) in [5.74, 6) is 1.92. The Kier molecular flexibility index (Phi) is 9.00. The van der Waals surface area contributed by atoms with Gasteiger partial charge in [0.25, 0.3) is 5.82 Å². The van der Waals surface area contributed by atoms with Gasteiger partial charge in [-0.15, -0.1) is 11.3 Å². The van der Waals surface area contributed by atoms with Gasteiger partial charge in [0.2, 0.25) is 6.33 Å². The summed E-state index contributed by atoms with van der Waals surface area (Å²) in [7, 11) is 4.38. The second-order valence-electron chi connectivity index (χ2n) is 14.9. The Balaban J connectivity index is 1.30. The minimum atomic E-state index is 0.412. The zero-order chi connectivity index (χ0) is 37.0. The van der Waals surface area contributed by atoms with Crippen LogP contribution in [0.25, 0.3) is 48.4 Å². The Hall–Kier alpha value is -5.52. The number of rotatable bonds is 8. The molecule has 0 N–H and O–H groups in total. The minimum Gasteiger partial charge on any atom is -0.232 e. The fourth-order valence-electron chi connectivity index (χ4n) is 8.07. The van der Waals surface area contributed by atoms with E-state index in [9.17, 15) is 0 Å². The third-order valence-corrected chi connectivity index (χ3v) is 12.0. The smallest absolute Gasteiger partial charge is 0.232 e. The predicted octanol–water partition coefficient (Wildman–Crippen LogP) is 12.2. The number of thiophene rings is 1. The highest BCUT2D eigenvalue weighted by Gasteiger charge is 2.30. The molecule has 0 spiro atoms. The van der Waals surface area contributed by atoms with Crippen LogP contribution in [0.5, 0.6) is 0 Å². The van der Waals surface area contributed by atoms with Crippen molar-refractivity contribution in [2.24, 2.45) is 14.1 Å². The zero-order valence-electron chi connectivity index (χ0n) is 32.1. The maximum atomic E-state index is 2.42. The van der Waals surface area contributed by atoms with Gasteiger partial charge in [0.05, 0.1) is 14.1 Å². The van der Waals surface area contributed by atoms with Gasteiger partial charge in [-0.2, -0.15) is 4.90 Å². The first kappa shape index (κ1) is 34.6. The lowest BCUT2D eigenvalue weighted by Gasteiger charge is -2.22. The molecule has 0 fully saturated rings. The molecule has 0 radical (unpaired) electrons. The first-order valence-electron chi connectivity index (χ1n) is 18.7. The van der Waals surface area contributed by atoms with Crippen LogP contribution in [0.1, 0.15) is 61.8 Å². The Morgan fingerprint density at radius 3 is 2.06 bits per heavy atom. The lowest BCUT2D eigenvalue weighted by molar-refractivity contribution is -0.659. The Morgan fingerprint density at radius 2 is 1.32 bits per heavy atom. The topological polar surface area (TPSA) is 15.9 Å². The van der Waals surface area contributed by atoms with Crippen molar-refractivity contribution in [3.8, 4) is 28.2 Å². The van der Waals surface area contributed by atoms with Crippen LogP contribution in [0.4, 0.5) is 17.2 Å². The van der Waals surface area contributed by atoms with Crippen LogP contribution in [-0.2, 0) is 14.1 Å². The van der Waals surface area contributed by atoms with E-state index < -0.39 is 0 Å². The molecule has 5 aromatic carbocycles. The number of anilines is 3. The van der Waals surface area contributed by atoms with Crippen molar-refractivity contribution in [3.63, 3.8) is 0 Å². The third-order valence-electron chi connectivity index (χ3n) is 10.8. The number of aromatic nitrogens is 3. The maximum Gasteiger partial charge on any atom is 0.287 e. The molecular weight excluding hydrogens is 665 g/mol. The van der Waals surface area contributed by atoms with E-state index >= 15 is 0 Å². The van der Waals surface area contributed by atoms with E-state index in [4.69, 9.17) is 0 Å². The quantitative estimate of drug-likeness (QED) is 0.143. The third kappa shape index (κ3) is 5.93. The number of imidazole rings is 1. The highest BCUT2D eigenvalue weighted by atomic mass is 32.1. The summed E-state index contributed by atoms with van der Waals surface area (Å²) in [6, 6.07) is 44.4. The van der Waals surface area contributed by atoms with Crippen molar-refractivity contribution in [1.29, 1.82) is 0 Å². The number of fused-ring (bicyclic) bond motifs is 3. The molecule has 0 unspecified atom stereocenters. The van der Waals surface area contributed by atoms with Crippen molar-refractivity contribution in [3.05, 3.63) is 156 Å². The van der Waals surface area contributed by atoms with Crippen LogP contribution >= 0.6 is 11.3 Å². The minimum absolute atomic E-state index is 0.412. The molecule has 0 aliphatic rings. The first-order chi connectivity index (χ1) is 25.6. The van der Waals surface area contributed by atoms with E-state index in [-0.39, 0.29) is 0 Å². The Labute approximate surface area is 317 Å². The predicted molar refractivity (Wildman–Crippen MR) is 224 cm³/mol. The molecule has 0 saturated carbocycles. The van der Waals surface area contributed by atoms with Gasteiger partial charge >= 0.3 is 0 Å². The summed E-state index contributed by atoms with van der Waals surface area (Å²) in [6.07, 6.45) is 4.56. The fourth-order valence-corrected chi connectivity index (χ4v) is 9.38. The number of aryl methyl sites for hydroxylation is 2. The number of para-hydroxylation sites is 2. The monoisotopic (exact) mass is 712 g/mol. The van der Waals surface area contributed by atoms with Crippen LogP contribution in [0.15, 0.2) is 134 Å². The SMILES string of the molecule is Cc1ccc2c(sc3ccccc32)c1-c1cccc(N(c2ccccc2)c2cccc(-c3cn(-c4c(C(C)C)cccc4C(C)C)c[n+]3C)c2C)[n+]1C. The lowest BCUT2D eigenvalue weighted by Crippen LogP contribution is -2.37. The largest absolute Gasteiger partial charge is 0.287 e. The zero-order valence-corrected chi connectivity index (χ0v) is 32.9. The molecule has 8 aromatic rings. The van der Waals surface area contributed by atoms with Crippen LogP contribution < -0.4 is 14.0 Å². The van der Waals surface area contributed by atoms with Gasteiger partial charge in [-0.05, 0) is 73.7 Å². The van der Waals surface area contributed by atoms with Gasteiger partial charge in [-0.1, -0.05) is 100 Å². The molecule has 0 atom stereocenters. The van der Waals surface area contributed by atoms with Crippen molar-refractivity contribution < 1.29 is 9.13 Å². The van der Waals surface area contributed by atoms with Crippen molar-refractivity contribution in [2.75, 3.05) is 4.90 Å². The molecule has 53 heavy (non-hydrogen) atoms. The standard InChI is InChI=1S/C48H48N4S/c1-31(2)36-20-14-21-37(32(3)4)47(36)51-29-43(49(7)30-51)38-22-15-23-41(34(38)6)52(35-17-10-9-11-18-35)45-26-16-24-42(50(45)8)46-33(5)27-28-40-39-19-12-13-25-44(39)53-48(40)46/h9-32H,1-8H3/q+2.